The van der Waals surface area contributed by atoms with Gasteiger partial charge in [-0.05, 0) is 53.9 Å². The number of benzene rings is 3. The van der Waals surface area contributed by atoms with Gasteiger partial charge in [-0.25, -0.2) is 12.8 Å². The smallest absolute Gasteiger partial charge is 0.416 e. The summed E-state index contributed by atoms with van der Waals surface area (Å²) in [5.41, 5.74) is 0.587. The maximum Gasteiger partial charge on any atom is 0.416 e. The molecular formula is C26H25F4NO4S. The standard InChI is InChI=1S/C26H25F4NO4S/c1-36(33,34)25-15-24(11-8-21(25)18-32)35-13-3-12-31(16-19-6-9-23(27)10-7-19)17-20-4-2-5-22(14-20)26(28,29)30/h2,4-11,14-15,18H,3,12-13,16-17H2,1H3. The van der Waals surface area contributed by atoms with Crippen LogP contribution in [0.25, 0.3) is 0 Å². The highest BCUT2D eigenvalue weighted by molar-refractivity contribution is 7.90. The number of ether oxygens (including phenoxy) is 1. The topological polar surface area (TPSA) is 63.7 Å². The molecule has 3 aromatic carbocycles. The normalized spacial score (nSPS) is 12.1. The Labute approximate surface area is 207 Å². The Balaban J connectivity index is 1.69. The molecule has 0 radical (unpaired) electrons. The molecule has 5 nitrogen and oxygen atoms in total. The zero-order valence-corrected chi connectivity index (χ0v) is 20.3. The molecule has 0 heterocycles. The van der Waals surface area contributed by atoms with Gasteiger partial charge in [-0.3, -0.25) is 9.69 Å². The minimum atomic E-state index is -4.45. The molecule has 0 aliphatic rings. The van der Waals surface area contributed by atoms with Crippen molar-refractivity contribution in [2.24, 2.45) is 0 Å². The lowest BCUT2D eigenvalue weighted by atomic mass is 10.1. The predicted molar refractivity (Wildman–Crippen MR) is 127 cm³/mol. The molecule has 0 fully saturated rings. The summed E-state index contributed by atoms with van der Waals surface area (Å²) in [7, 11) is -3.62. The van der Waals surface area contributed by atoms with Crippen LogP contribution in [-0.4, -0.2) is 39.0 Å². The highest BCUT2D eigenvalue weighted by Gasteiger charge is 2.30. The zero-order valence-electron chi connectivity index (χ0n) is 19.5. The Morgan fingerprint density at radius 1 is 0.944 bits per heavy atom. The lowest BCUT2D eigenvalue weighted by Crippen LogP contribution is -2.25. The molecule has 0 amide bonds. The summed E-state index contributed by atoms with van der Waals surface area (Å²) in [6.07, 6.45) is -2.51. The molecule has 0 bridgehead atoms. The number of nitrogens with zero attached hydrogens (tertiary/aromatic N) is 1. The maximum atomic E-state index is 13.3. The van der Waals surface area contributed by atoms with Gasteiger partial charge in [0.25, 0.3) is 0 Å². The first-order chi connectivity index (χ1) is 17.0. The Morgan fingerprint density at radius 2 is 1.64 bits per heavy atom. The van der Waals surface area contributed by atoms with Crippen molar-refractivity contribution < 1.29 is 35.5 Å². The summed E-state index contributed by atoms with van der Waals surface area (Å²) in [4.78, 5) is 12.9. The summed E-state index contributed by atoms with van der Waals surface area (Å²) in [6.45, 7) is 1.25. The second-order valence-electron chi connectivity index (χ2n) is 8.33. The predicted octanol–water partition coefficient (Wildman–Crippen LogP) is 5.53. The minimum absolute atomic E-state index is 0.0383. The van der Waals surface area contributed by atoms with Crippen LogP contribution in [0.4, 0.5) is 17.6 Å². The SMILES string of the molecule is CS(=O)(=O)c1cc(OCCCN(Cc2ccc(F)cc2)Cc2cccc(C(F)(F)F)c2)ccc1C=O. The van der Waals surface area contributed by atoms with Gasteiger partial charge in [-0.1, -0.05) is 30.3 Å². The van der Waals surface area contributed by atoms with Crippen LogP contribution in [0.5, 0.6) is 5.75 Å². The minimum Gasteiger partial charge on any atom is -0.494 e. The van der Waals surface area contributed by atoms with Gasteiger partial charge in [0.15, 0.2) is 16.1 Å². The first-order valence-electron chi connectivity index (χ1n) is 11.0. The van der Waals surface area contributed by atoms with E-state index in [2.05, 4.69) is 0 Å². The molecule has 3 aromatic rings. The molecule has 3 rings (SSSR count). The first-order valence-corrected chi connectivity index (χ1v) is 12.9. The molecule has 0 aliphatic heterocycles. The van der Waals surface area contributed by atoms with E-state index in [1.165, 1.54) is 36.4 Å². The van der Waals surface area contributed by atoms with E-state index in [4.69, 9.17) is 4.74 Å². The van der Waals surface area contributed by atoms with Crippen molar-refractivity contribution in [3.05, 3.63) is 94.8 Å². The number of sulfone groups is 1. The second kappa shape index (κ2) is 11.7. The highest BCUT2D eigenvalue weighted by atomic mass is 32.2. The number of alkyl halides is 3. The van der Waals surface area contributed by atoms with E-state index in [0.717, 1.165) is 24.0 Å². The number of carbonyl (C=O) groups excluding carboxylic acids is 1. The number of halogens is 4. The van der Waals surface area contributed by atoms with E-state index < -0.39 is 21.6 Å². The number of carbonyl (C=O) groups is 1. The Bertz CT molecular complexity index is 1290. The molecule has 0 aliphatic carbocycles. The van der Waals surface area contributed by atoms with Crippen molar-refractivity contribution in [1.82, 2.24) is 4.90 Å². The highest BCUT2D eigenvalue weighted by Crippen LogP contribution is 2.30. The van der Waals surface area contributed by atoms with Gasteiger partial charge in [0.2, 0.25) is 0 Å². The van der Waals surface area contributed by atoms with Crippen LogP contribution in [-0.2, 0) is 29.1 Å². The largest absolute Gasteiger partial charge is 0.494 e. The Hall–Kier alpha value is -3.24. The van der Waals surface area contributed by atoms with Crippen LogP contribution in [0.3, 0.4) is 0 Å². The lowest BCUT2D eigenvalue weighted by molar-refractivity contribution is -0.137. The number of hydrogen-bond donors (Lipinski definition) is 0. The average Bonchev–Trinajstić information content (AvgIpc) is 2.82. The van der Waals surface area contributed by atoms with Crippen LogP contribution in [0.2, 0.25) is 0 Å². The van der Waals surface area contributed by atoms with E-state index in [0.29, 0.717) is 31.4 Å². The van der Waals surface area contributed by atoms with Crippen molar-refractivity contribution in [3.8, 4) is 5.75 Å². The van der Waals surface area contributed by atoms with Gasteiger partial charge < -0.3 is 4.74 Å². The van der Waals surface area contributed by atoms with Crippen molar-refractivity contribution >= 4 is 16.1 Å². The van der Waals surface area contributed by atoms with Crippen LogP contribution in [0, 0.1) is 5.82 Å². The summed E-state index contributed by atoms with van der Waals surface area (Å²) in [5, 5.41) is 0. The van der Waals surface area contributed by atoms with Crippen molar-refractivity contribution in [2.45, 2.75) is 30.6 Å². The summed E-state index contributed by atoms with van der Waals surface area (Å²) >= 11 is 0. The molecule has 0 atom stereocenters. The third kappa shape index (κ3) is 7.89. The number of hydrogen-bond acceptors (Lipinski definition) is 5. The van der Waals surface area contributed by atoms with Gasteiger partial charge >= 0.3 is 6.18 Å². The molecule has 0 N–H and O–H groups in total. The summed E-state index contributed by atoms with van der Waals surface area (Å²) < 4.78 is 82.2. The summed E-state index contributed by atoms with van der Waals surface area (Å²) in [6, 6.07) is 15.1. The number of rotatable bonds is 11. The maximum absolute atomic E-state index is 13.3. The van der Waals surface area contributed by atoms with Gasteiger partial charge in [0.05, 0.1) is 17.1 Å². The second-order valence-corrected chi connectivity index (χ2v) is 10.3. The molecule has 0 saturated heterocycles. The molecule has 0 spiro atoms. The molecule has 0 saturated carbocycles. The first kappa shape index (κ1) is 27.3. The van der Waals surface area contributed by atoms with Crippen molar-refractivity contribution in [2.75, 3.05) is 19.4 Å². The molecule has 0 unspecified atom stereocenters. The monoisotopic (exact) mass is 523 g/mol. The number of aldehydes is 1. The van der Waals surface area contributed by atoms with Crippen molar-refractivity contribution in [3.63, 3.8) is 0 Å². The molecule has 10 heteroatoms. The third-order valence-electron chi connectivity index (χ3n) is 5.38. The van der Waals surface area contributed by atoms with E-state index in [-0.39, 0.29) is 35.2 Å². The molecule has 0 aromatic heterocycles. The Morgan fingerprint density at radius 3 is 2.28 bits per heavy atom. The summed E-state index contributed by atoms with van der Waals surface area (Å²) in [5.74, 6) is -0.102. The molecule has 36 heavy (non-hydrogen) atoms. The van der Waals surface area contributed by atoms with Crippen LogP contribution < -0.4 is 4.74 Å². The van der Waals surface area contributed by atoms with Gasteiger partial charge in [0.1, 0.15) is 11.6 Å². The van der Waals surface area contributed by atoms with Gasteiger partial charge in [-0.2, -0.15) is 13.2 Å². The van der Waals surface area contributed by atoms with E-state index in [1.807, 2.05) is 4.90 Å². The fourth-order valence-electron chi connectivity index (χ4n) is 3.67. The average molecular weight is 524 g/mol. The van der Waals surface area contributed by atoms with Gasteiger partial charge in [-0.15, -0.1) is 0 Å². The van der Waals surface area contributed by atoms with Crippen LogP contribution >= 0.6 is 0 Å². The van der Waals surface area contributed by atoms with Crippen LogP contribution in [0.15, 0.2) is 71.6 Å². The molecular weight excluding hydrogens is 498 g/mol. The van der Waals surface area contributed by atoms with Gasteiger partial charge in [0, 0.05) is 31.5 Å². The van der Waals surface area contributed by atoms with Crippen molar-refractivity contribution in [1.29, 1.82) is 0 Å². The third-order valence-corrected chi connectivity index (χ3v) is 6.53. The van der Waals surface area contributed by atoms with E-state index in [1.54, 1.807) is 18.2 Å². The lowest BCUT2D eigenvalue weighted by Gasteiger charge is -2.23. The Kier molecular flexibility index (Phi) is 8.86. The van der Waals surface area contributed by atoms with E-state index in [9.17, 15) is 30.8 Å². The fraction of sp³-hybridized carbons (Fsp3) is 0.269. The fourth-order valence-corrected chi connectivity index (χ4v) is 4.54. The molecule has 192 valence electrons. The quantitative estimate of drug-likeness (QED) is 0.188. The van der Waals surface area contributed by atoms with E-state index >= 15 is 0 Å². The zero-order chi connectivity index (χ0) is 26.3. The van der Waals surface area contributed by atoms with Crippen LogP contribution in [0.1, 0.15) is 33.5 Å².